The quantitative estimate of drug-likeness (QED) is 0.814. The van der Waals surface area contributed by atoms with Crippen LogP contribution in [0.1, 0.15) is 38.3 Å². The van der Waals surface area contributed by atoms with E-state index in [2.05, 4.69) is 9.71 Å². The number of sulfonamides is 1. The van der Waals surface area contributed by atoms with Crippen LogP contribution in [0.15, 0.2) is 30.5 Å². The van der Waals surface area contributed by atoms with Gasteiger partial charge in [-0.1, -0.05) is 0 Å². The highest BCUT2D eigenvalue weighted by Crippen LogP contribution is 2.30. The SMILES string of the molecule is Cc1ncc2c(c1CNS(C)(=O)=O)CCN(C(=O)c1ccc(C(F)(F)F)cc1)C2. The van der Waals surface area contributed by atoms with Gasteiger partial charge in [0, 0.05) is 37.1 Å². The van der Waals surface area contributed by atoms with Crippen molar-refractivity contribution in [2.75, 3.05) is 12.8 Å². The van der Waals surface area contributed by atoms with Gasteiger partial charge < -0.3 is 4.90 Å². The zero-order valence-electron chi connectivity index (χ0n) is 15.9. The van der Waals surface area contributed by atoms with Gasteiger partial charge in [0.25, 0.3) is 5.91 Å². The molecule has 1 aliphatic rings. The van der Waals surface area contributed by atoms with Gasteiger partial charge in [0.15, 0.2) is 0 Å². The lowest BCUT2D eigenvalue weighted by Gasteiger charge is -2.30. The number of hydrogen-bond acceptors (Lipinski definition) is 4. The Morgan fingerprint density at radius 2 is 1.90 bits per heavy atom. The molecule has 1 aliphatic heterocycles. The molecule has 156 valence electrons. The van der Waals surface area contributed by atoms with Gasteiger partial charge in [-0.15, -0.1) is 0 Å². The van der Waals surface area contributed by atoms with Crippen molar-refractivity contribution < 1.29 is 26.4 Å². The first-order valence-electron chi connectivity index (χ1n) is 8.83. The highest BCUT2D eigenvalue weighted by atomic mass is 32.2. The molecule has 6 nitrogen and oxygen atoms in total. The molecule has 0 unspecified atom stereocenters. The van der Waals surface area contributed by atoms with E-state index in [1.807, 2.05) is 0 Å². The highest BCUT2D eigenvalue weighted by Gasteiger charge is 2.31. The summed E-state index contributed by atoms with van der Waals surface area (Å²) in [7, 11) is -3.36. The summed E-state index contributed by atoms with van der Waals surface area (Å²) in [6.07, 6.45) is -1.21. The van der Waals surface area contributed by atoms with Crippen molar-refractivity contribution in [2.24, 2.45) is 0 Å². The first-order chi connectivity index (χ1) is 13.5. The van der Waals surface area contributed by atoms with E-state index in [1.165, 1.54) is 12.1 Å². The Labute approximate surface area is 166 Å². The third-order valence-corrected chi connectivity index (χ3v) is 5.52. The Kier molecular flexibility index (Phi) is 5.68. The van der Waals surface area contributed by atoms with Crippen molar-refractivity contribution in [1.29, 1.82) is 0 Å². The zero-order valence-corrected chi connectivity index (χ0v) is 16.7. The van der Waals surface area contributed by atoms with E-state index in [0.717, 1.165) is 35.1 Å². The van der Waals surface area contributed by atoms with Gasteiger partial charge in [-0.2, -0.15) is 13.2 Å². The van der Waals surface area contributed by atoms with Crippen LogP contribution in [0.25, 0.3) is 0 Å². The predicted molar refractivity (Wildman–Crippen MR) is 101 cm³/mol. The summed E-state index contributed by atoms with van der Waals surface area (Å²) >= 11 is 0. The van der Waals surface area contributed by atoms with Crippen LogP contribution in [0, 0.1) is 6.92 Å². The largest absolute Gasteiger partial charge is 0.416 e. The molecule has 2 heterocycles. The Balaban J connectivity index is 1.80. The smallest absolute Gasteiger partial charge is 0.334 e. The monoisotopic (exact) mass is 427 g/mol. The number of fused-ring (bicyclic) bond motifs is 1. The average Bonchev–Trinajstić information content (AvgIpc) is 2.65. The number of hydrogen-bond donors (Lipinski definition) is 1. The standard InChI is InChI=1S/C19H20F3N3O3S/c1-12-17(10-24-29(2,27)28)16-7-8-25(11-14(16)9-23-12)18(26)13-3-5-15(6-4-13)19(20,21)22/h3-6,9,24H,7-8,10-11H2,1-2H3. The van der Waals surface area contributed by atoms with E-state index in [4.69, 9.17) is 0 Å². The second-order valence-electron chi connectivity index (χ2n) is 6.97. The number of pyridine rings is 1. The Morgan fingerprint density at radius 1 is 1.24 bits per heavy atom. The number of carbonyl (C=O) groups is 1. The number of carbonyl (C=O) groups excluding carboxylic acids is 1. The molecule has 1 aromatic carbocycles. The molecule has 0 atom stereocenters. The van der Waals surface area contributed by atoms with Crippen LogP contribution < -0.4 is 4.72 Å². The van der Waals surface area contributed by atoms with Gasteiger partial charge in [0.1, 0.15) is 0 Å². The number of aromatic nitrogens is 1. The molecule has 1 N–H and O–H groups in total. The van der Waals surface area contributed by atoms with Gasteiger partial charge in [-0.05, 0) is 54.3 Å². The van der Waals surface area contributed by atoms with Crippen LogP contribution in [-0.2, 0) is 35.7 Å². The van der Waals surface area contributed by atoms with E-state index < -0.39 is 21.8 Å². The van der Waals surface area contributed by atoms with E-state index in [1.54, 1.807) is 18.0 Å². The van der Waals surface area contributed by atoms with Gasteiger partial charge in [0.05, 0.1) is 11.8 Å². The van der Waals surface area contributed by atoms with Crippen LogP contribution in [0.4, 0.5) is 13.2 Å². The van der Waals surface area contributed by atoms with E-state index in [9.17, 15) is 26.4 Å². The van der Waals surface area contributed by atoms with Crippen LogP contribution in [0.3, 0.4) is 0 Å². The molecule has 2 aromatic rings. The number of benzene rings is 1. The van der Waals surface area contributed by atoms with E-state index in [0.29, 0.717) is 18.7 Å². The van der Waals surface area contributed by atoms with Crippen molar-refractivity contribution >= 4 is 15.9 Å². The number of rotatable bonds is 4. The molecule has 1 aromatic heterocycles. The third kappa shape index (κ3) is 4.94. The summed E-state index contributed by atoms with van der Waals surface area (Å²) in [5.41, 5.74) is 2.62. The zero-order chi connectivity index (χ0) is 21.4. The minimum absolute atomic E-state index is 0.119. The molecule has 0 bridgehead atoms. The molecule has 0 saturated heterocycles. The lowest BCUT2D eigenvalue weighted by Crippen LogP contribution is -2.37. The molecule has 0 fully saturated rings. The topological polar surface area (TPSA) is 79.4 Å². The summed E-state index contributed by atoms with van der Waals surface area (Å²) in [6, 6.07) is 4.14. The highest BCUT2D eigenvalue weighted by molar-refractivity contribution is 7.88. The average molecular weight is 427 g/mol. The number of aryl methyl sites for hydroxylation is 1. The Bertz CT molecular complexity index is 1040. The lowest BCUT2D eigenvalue weighted by atomic mass is 9.94. The van der Waals surface area contributed by atoms with Gasteiger partial charge in [0.2, 0.25) is 10.0 Å². The number of nitrogens with zero attached hydrogens (tertiary/aromatic N) is 2. The van der Waals surface area contributed by atoms with Crippen LogP contribution in [-0.4, -0.2) is 37.0 Å². The molecule has 3 rings (SSSR count). The van der Waals surface area contributed by atoms with Crippen LogP contribution in [0.2, 0.25) is 0 Å². The second-order valence-corrected chi connectivity index (χ2v) is 8.80. The fraction of sp³-hybridized carbons (Fsp3) is 0.368. The molecule has 29 heavy (non-hydrogen) atoms. The molecule has 0 radical (unpaired) electrons. The lowest BCUT2D eigenvalue weighted by molar-refractivity contribution is -0.137. The Hall–Kier alpha value is -2.46. The van der Waals surface area contributed by atoms with Crippen molar-refractivity contribution in [3.05, 3.63) is 64.0 Å². The summed E-state index contributed by atoms with van der Waals surface area (Å²) in [4.78, 5) is 18.6. The molecule has 0 saturated carbocycles. The van der Waals surface area contributed by atoms with E-state index >= 15 is 0 Å². The normalized spacial score (nSPS) is 14.6. The number of alkyl halides is 3. The number of nitrogens with one attached hydrogen (secondary N) is 1. The minimum atomic E-state index is -4.45. The fourth-order valence-electron chi connectivity index (χ4n) is 3.32. The van der Waals surface area contributed by atoms with Gasteiger partial charge >= 0.3 is 6.18 Å². The Morgan fingerprint density at radius 3 is 2.48 bits per heavy atom. The van der Waals surface area contributed by atoms with Crippen LogP contribution >= 0.6 is 0 Å². The first-order valence-corrected chi connectivity index (χ1v) is 10.7. The third-order valence-electron chi connectivity index (χ3n) is 4.85. The molecule has 0 spiro atoms. The van der Waals surface area contributed by atoms with Crippen LogP contribution in [0.5, 0.6) is 0 Å². The van der Waals surface area contributed by atoms with Crippen molar-refractivity contribution in [1.82, 2.24) is 14.6 Å². The van der Waals surface area contributed by atoms with E-state index in [-0.39, 0.29) is 24.6 Å². The minimum Gasteiger partial charge on any atom is -0.334 e. The maximum absolute atomic E-state index is 12.7. The fourth-order valence-corrected chi connectivity index (χ4v) is 3.72. The number of amides is 1. The van der Waals surface area contributed by atoms with Crippen molar-refractivity contribution in [2.45, 2.75) is 32.6 Å². The summed E-state index contributed by atoms with van der Waals surface area (Å²) in [5.74, 6) is -0.360. The summed E-state index contributed by atoms with van der Waals surface area (Å²) in [5, 5.41) is 0. The van der Waals surface area contributed by atoms with Gasteiger partial charge in [-0.3, -0.25) is 9.78 Å². The molecular formula is C19H20F3N3O3S. The van der Waals surface area contributed by atoms with Crippen molar-refractivity contribution in [3.63, 3.8) is 0 Å². The summed E-state index contributed by atoms with van der Waals surface area (Å²) < 4.78 is 63.4. The molecular weight excluding hydrogens is 407 g/mol. The van der Waals surface area contributed by atoms with Crippen molar-refractivity contribution in [3.8, 4) is 0 Å². The second kappa shape index (κ2) is 7.75. The maximum atomic E-state index is 12.7. The molecule has 0 aliphatic carbocycles. The molecule has 1 amide bonds. The number of halogens is 3. The van der Waals surface area contributed by atoms with Gasteiger partial charge in [-0.25, -0.2) is 13.1 Å². The first kappa shape index (κ1) is 21.3. The maximum Gasteiger partial charge on any atom is 0.416 e. The summed E-state index contributed by atoms with van der Waals surface area (Å²) in [6.45, 7) is 2.55. The predicted octanol–water partition coefficient (Wildman–Crippen LogP) is 2.66. The molecule has 10 heteroatoms.